The van der Waals surface area contributed by atoms with E-state index in [9.17, 15) is 4.39 Å². The van der Waals surface area contributed by atoms with Crippen molar-refractivity contribution < 1.29 is 4.39 Å². The van der Waals surface area contributed by atoms with Crippen LogP contribution in [0, 0.1) is 5.82 Å². The molecule has 1 fully saturated rings. The van der Waals surface area contributed by atoms with E-state index in [4.69, 9.17) is 0 Å². The van der Waals surface area contributed by atoms with Crippen molar-refractivity contribution in [2.75, 3.05) is 39.3 Å². The third-order valence-corrected chi connectivity index (χ3v) is 8.69. The molecule has 0 atom stereocenters. The normalized spacial score (nSPS) is 16.8. The van der Waals surface area contributed by atoms with Crippen molar-refractivity contribution in [1.82, 2.24) is 9.80 Å². The quantitative estimate of drug-likeness (QED) is 0.637. The van der Waals surface area contributed by atoms with Gasteiger partial charge in [-0.05, 0) is 38.1 Å². The van der Waals surface area contributed by atoms with E-state index in [-0.39, 0.29) is 18.2 Å². The fourth-order valence-electron chi connectivity index (χ4n) is 3.41. The van der Waals surface area contributed by atoms with E-state index in [0.29, 0.717) is 0 Å². The Morgan fingerprint density at radius 3 is 1.92 bits per heavy atom. The van der Waals surface area contributed by atoms with E-state index in [2.05, 4.69) is 29.8 Å². The summed E-state index contributed by atoms with van der Waals surface area (Å²) in [6.07, 6.45) is 3.90. The fourth-order valence-corrected chi connectivity index (χ4v) is 5.81. The van der Waals surface area contributed by atoms with Crippen LogP contribution in [0.2, 0.25) is 19.1 Å². The first-order valence-corrected chi connectivity index (χ1v) is 12.4. The Hall–Kier alpha value is -0.423. The van der Waals surface area contributed by atoms with Crippen molar-refractivity contribution in [3.8, 4) is 0 Å². The number of halogens is 2. The minimum absolute atomic E-state index is 0. The predicted molar refractivity (Wildman–Crippen MR) is 108 cm³/mol. The van der Waals surface area contributed by atoms with E-state index in [0.717, 1.165) is 0 Å². The Morgan fingerprint density at radius 1 is 0.917 bits per heavy atom. The van der Waals surface area contributed by atoms with Gasteiger partial charge < -0.3 is 9.80 Å². The monoisotopic (exact) mass is 372 g/mol. The summed E-state index contributed by atoms with van der Waals surface area (Å²) in [5.41, 5.74) is 0. The topological polar surface area (TPSA) is 6.48 Å². The molecule has 0 spiro atoms. The Balaban J connectivity index is 0.00000288. The van der Waals surface area contributed by atoms with Gasteiger partial charge in [-0.15, -0.1) is 12.4 Å². The number of hydrogen-bond donors (Lipinski definition) is 0. The van der Waals surface area contributed by atoms with E-state index < -0.39 is 8.07 Å². The van der Waals surface area contributed by atoms with E-state index in [1.807, 2.05) is 12.1 Å². The van der Waals surface area contributed by atoms with Gasteiger partial charge in [-0.3, -0.25) is 0 Å². The van der Waals surface area contributed by atoms with E-state index >= 15 is 0 Å². The van der Waals surface area contributed by atoms with E-state index in [1.54, 1.807) is 12.1 Å². The van der Waals surface area contributed by atoms with Crippen LogP contribution in [0.25, 0.3) is 0 Å². The lowest BCUT2D eigenvalue weighted by Crippen LogP contribution is -2.47. The van der Waals surface area contributed by atoms with Gasteiger partial charge in [0.1, 0.15) is 5.82 Å². The second-order valence-electron chi connectivity index (χ2n) is 7.53. The van der Waals surface area contributed by atoms with Crippen LogP contribution in [0.3, 0.4) is 0 Å². The van der Waals surface area contributed by atoms with Gasteiger partial charge in [-0.25, -0.2) is 4.39 Å². The summed E-state index contributed by atoms with van der Waals surface area (Å²) < 4.78 is 13.1. The average molecular weight is 373 g/mol. The second kappa shape index (κ2) is 10.5. The molecule has 1 aliphatic rings. The highest BCUT2D eigenvalue weighted by Crippen LogP contribution is 2.14. The maximum Gasteiger partial charge on any atom is 0.123 e. The van der Waals surface area contributed by atoms with Crippen LogP contribution in [-0.4, -0.2) is 57.1 Å². The molecule has 0 aliphatic carbocycles. The van der Waals surface area contributed by atoms with Gasteiger partial charge in [0.25, 0.3) is 0 Å². The van der Waals surface area contributed by atoms with Crippen molar-refractivity contribution in [3.63, 3.8) is 0 Å². The molecule has 1 aliphatic heterocycles. The third-order valence-electron chi connectivity index (χ3n) is 5.19. The Labute approximate surface area is 154 Å². The molecule has 2 nitrogen and oxygen atoms in total. The van der Waals surface area contributed by atoms with Gasteiger partial charge in [0, 0.05) is 26.2 Å². The van der Waals surface area contributed by atoms with Gasteiger partial charge in [0.05, 0.1) is 8.07 Å². The SMILES string of the molecule is CCCCN1CCN(CCC[Si](C)(C)c2ccc(F)cc2)CC1.Cl. The zero-order chi connectivity index (χ0) is 16.7. The fraction of sp³-hybridized carbons (Fsp3) is 0.684. The highest BCUT2D eigenvalue weighted by atomic mass is 35.5. The van der Waals surface area contributed by atoms with Gasteiger partial charge in [0.2, 0.25) is 0 Å². The first-order valence-electron chi connectivity index (χ1n) is 9.22. The molecule has 0 aromatic heterocycles. The molecule has 0 bridgehead atoms. The largest absolute Gasteiger partial charge is 0.301 e. The highest BCUT2D eigenvalue weighted by Gasteiger charge is 2.23. The van der Waals surface area contributed by atoms with E-state index in [1.165, 1.54) is 69.8 Å². The first-order chi connectivity index (χ1) is 11.0. The van der Waals surface area contributed by atoms with Gasteiger partial charge in [-0.1, -0.05) is 49.8 Å². The molecule has 0 radical (unpaired) electrons. The van der Waals surface area contributed by atoms with Crippen LogP contribution in [0.15, 0.2) is 24.3 Å². The third kappa shape index (κ3) is 6.83. The van der Waals surface area contributed by atoms with Crippen LogP contribution in [0.5, 0.6) is 0 Å². The molecule has 0 amide bonds. The summed E-state index contributed by atoms with van der Waals surface area (Å²) >= 11 is 0. The number of unbranched alkanes of at least 4 members (excludes halogenated alkanes) is 1. The lowest BCUT2D eigenvalue weighted by Gasteiger charge is -2.35. The van der Waals surface area contributed by atoms with Gasteiger partial charge in [0.15, 0.2) is 0 Å². The van der Waals surface area contributed by atoms with Crippen LogP contribution < -0.4 is 5.19 Å². The molecule has 0 N–H and O–H groups in total. The number of benzene rings is 1. The average Bonchev–Trinajstić information content (AvgIpc) is 2.54. The van der Waals surface area contributed by atoms with Gasteiger partial charge in [-0.2, -0.15) is 0 Å². The van der Waals surface area contributed by atoms with Crippen molar-refractivity contribution in [3.05, 3.63) is 30.1 Å². The number of hydrogen-bond acceptors (Lipinski definition) is 2. The zero-order valence-corrected chi connectivity index (χ0v) is 17.4. The van der Waals surface area contributed by atoms with Crippen LogP contribution in [-0.2, 0) is 0 Å². The lowest BCUT2D eigenvalue weighted by atomic mass is 10.2. The molecule has 1 aromatic carbocycles. The van der Waals surface area contributed by atoms with Crippen LogP contribution >= 0.6 is 12.4 Å². The van der Waals surface area contributed by atoms with Crippen molar-refractivity contribution >= 4 is 25.7 Å². The highest BCUT2D eigenvalue weighted by molar-refractivity contribution is 6.89. The molecule has 0 unspecified atom stereocenters. The maximum absolute atomic E-state index is 13.1. The van der Waals surface area contributed by atoms with Crippen molar-refractivity contribution in [2.45, 2.75) is 45.3 Å². The smallest absolute Gasteiger partial charge is 0.123 e. The molecule has 5 heteroatoms. The molecule has 138 valence electrons. The Morgan fingerprint density at radius 2 is 1.42 bits per heavy atom. The first kappa shape index (κ1) is 21.6. The Bertz CT molecular complexity index is 459. The molecular weight excluding hydrogens is 339 g/mol. The summed E-state index contributed by atoms with van der Waals surface area (Å²) in [5.74, 6) is -0.125. The minimum atomic E-state index is -1.42. The molecule has 24 heavy (non-hydrogen) atoms. The summed E-state index contributed by atoms with van der Waals surface area (Å²) in [5, 5.41) is 1.38. The van der Waals surface area contributed by atoms with Crippen molar-refractivity contribution in [2.24, 2.45) is 0 Å². The maximum atomic E-state index is 13.1. The van der Waals surface area contributed by atoms with Crippen LogP contribution in [0.4, 0.5) is 4.39 Å². The summed E-state index contributed by atoms with van der Waals surface area (Å²) in [6, 6.07) is 8.50. The predicted octanol–water partition coefficient (Wildman–Crippen LogP) is 3.97. The molecule has 1 heterocycles. The molecular formula is C19H34ClFN2Si. The van der Waals surface area contributed by atoms with Gasteiger partial charge >= 0.3 is 0 Å². The summed E-state index contributed by atoms with van der Waals surface area (Å²) in [6.45, 7) is 14.5. The molecule has 2 rings (SSSR count). The second-order valence-corrected chi connectivity index (χ2v) is 12.4. The minimum Gasteiger partial charge on any atom is -0.301 e. The number of nitrogens with zero attached hydrogens (tertiary/aromatic N) is 2. The summed E-state index contributed by atoms with van der Waals surface area (Å²) in [4.78, 5) is 5.23. The Kier molecular flexibility index (Phi) is 9.50. The summed E-state index contributed by atoms with van der Waals surface area (Å²) in [7, 11) is -1.42. The van der Waals surface area contributed by atoms with Crippen molar-refractivity contribution in [1.29, 1.82) is 0 Å². The zero-order valence-electron chi connectivity index (χ0n) is 15.6. The molecule has 1 aromatic rings. The van der Waals surface area contributed by atoms with Crippen LogP contribution in [0.1, 0.15) is 26.2 Å². The number of piperazine rings is 1. The lowest BCUT2D eigenvalue weighted by molar-refractivity contribution is 0.131. The number of rotatable bonds is 8. The molecule has 1 saturated heterocycles. The standard InChI is InChI=1S/C19H33FN2Si.ClH/c1-4-5-11-21-13-15-22(16-14-21)12-6-17-23(2,3)19-9-7-18(20)8-10-19;/h7-10H,4-6,11-17H2,1-3H3;1H. The molecule has 0 saturated carbocycles.